The van der Waals surface area contributed by atoms with Gasteiger partial charge < -0.3 is 4.74 Å². The summed E-state index contributed by atoms with van der Waals surface area (Å²) in [5.41, 5.74) is 1.95. The number of ether oxygens (including phenoxy) is 1. The van der Waals surface area contributed by atoms with Gasteiger partial charge in [-0.1, -0.05) is 23.7 Å². The van der Waals surface area contributed by atoms with Crippen LogP contribution in [0.3, 0.4) is 0 Å². The lowest BCUT2D eigenvalue weighted by Crippen LogP contribution is -2.06. The van der Waals surface area contributed by atoms with Gasteiger partial charge in [-0.15, -0.1) is 11.3 Å². The van der Waals surface area contributed by atoms with Crippen LogP contribution < -0.4 is 4.74 Å². The van der Waals surface area contributed by atoms with Crippen LogP contribution in [0.5, 0.6) is 5.75 Å². The molecule has 0 bridgehead atoms. The fourth-order valence-corrected chi connectivity index (χ4v) is 3.17. The molecule has 0 aliphatic rings. The number of nitrogens with zero attached hydrogens (tertiary/aromatic N) is 1. The van der Waals surface area contributed by atoms with E-state index >= 15 is 0 Å². The van der Waals surface area contributed by atoms with Crippen LogP contribution in [0.25, 0.3) is 20.8 Å². The van der Waals surface area contributed by atoms with E-state index in [9.17, 15) is 0 Å². The summed E-state index contributed by atoms with van der Waals surface area (Å²) in [5, 5.41) is 1.62. The molecule has 0 amide bonds. The highest BCUT2D eigenvalue weighted by atomic mass is 35.5. The molecule has 4 heteroatoms. The molecule has 0 aliphatic carbocycles. The Morgan fingerprint density at radius 2 is 1.95 bits per heavy atom. The Bertz CT molecular complexity index is 718. The van der Waals surface area contributed by atoms with Crippen molar-refractivity contribution in [1.82, 2.24) is 4.98 Å². The SMILES string of the molecule is CC(C)Oc1ccc(Cl)cc1-c1nc2ccccc2s1. The smallest absolute Gasteiger partial charge is 0.130 e. The van der Waals surface area contributed by atoms with E-state index in [1.165, 1.54) is 0 Å². The molecular formula is C16H14ClNOS. The Kier molecular flexibility index (Phi) is 3.64. The largest absolute Gasteiger partial charge is 0.490 e. The lowest BCUT2D eigenvalue weighted by Gasteiger charge is -2.13. The van der Waals surface area contributed by atoms with Gasteiger partial charge in [-0.3, -0.25) is 0 Å². The fraction of sp³-hybridized carbons (Fsp3) is 0.188. The predicted octanol–water partition coefficient (Wildman–Crippen LogP) is 5.40. The Hall–Kier alpha value is -1.58. The molecule has 0 saturated heterocycles. The third-order valence-corrected chi connectivity index (χ3v) is 4.13. The maximum atomic E-state index is 6.12. The second kappa shape index (κ2) is 5.43. The van der Waals surface area contributed by atoms with Crippen molar-refractivity contribution in [2.45, 2.75) is 20.0 Å². The Morgan fingerprint density at radius 1 is 1.15 bits per heavy atom. The van der Waals surface area contributed by atoms with E-state index < -0.39 is 0 Å². The zero-order chi connectivity index (χ0) is 14.1. The summed E-state index contributed by atoms with van der Waals surface area (Å²) < 4.78 is 7.02. The number of thiazole rings is 1. The van der Waals surface area contributed by atoms with E-state index in [-0.39, 0.29) is 6.10 Å². The number of rotatable bonds is 3. The van der Waals surface area contributed by atoms with E-state index in [0.29, 0.717) is 5.02 Å². The van der Waals surface area contributed by atoms with Gasteiger partial charge in [0.05, 0.1) is 21.9 Å². The van der Waals surface area contributed by atoms with Crippen molar-refractivity contribution in [2.75, 3.05) is 0 Å². The van der Waals surface area contributed by atoms with Crippen molar-refractivity contribution >= 4 is 33.2 Å². The van der Waals surface area contributed by atoms with E-state index in [1.54, 1.807) is 11.3 Å². The van der Waals surface area contributed by atoms with Crippen LogP contribution in [0, 0.1) is 0 Å². The Morgan fingerprint density at radius 3 is 2.70 bits per heavy atom. The lowest BCUT2D eigenvalue weighted by molar-refractivity contribution is 0.243. The highest BCUT2D eigenvalue weighted by molar-refractivity contribution is 7.21. The molecule has 0 N–H and O–H groups in total. The highest BCUT2D eigenvalue weighted by Gasteiger charge is 2.13. The summed E-state index contributed by atoms with van der Waals surface area (Å²) in [6.07, 6.45) is 0.115. The molecule has 1 aromatic heterocycles. The third kappa shape index (κ3) is 2.65. The molecule has 2 aromatic carbocycles. The molecule has 0 unspecified atom stereocenters. The average Bonchev–Trinajstić information content (AvgIpc) is 2.84. The topological polar surface area (TPSA) is 22.1 Å². The van der Waals surface area contributed by atoms with Crippen LogP contribution in [0.15, 0.2) is 42.5 Å². The van der Waals surface area contributed by atoms with E-state index in [4.69, 9.17) is 16.3 Å². The van der Waals surface area contributed by atoms with Crippen LogP contribution >= 0.6 is 22.9 Å². The molecule has 2 nitrogen and oxygen atoms in total. The Labute approximate surface area is 127 Å². The summed E-state index contributed by atoms with van der Waals surface area (Å²) >= 11 is 7.77. The molecule has 1 heterocycles. The lowest BCUT2D eigenvalue weighted by atomic mass is 10.2. The van der Waals surface area contributed by atoms with Crippen molar-refractivity contribution < 1.29 is 4.74 Å². The maximum absolute atomic E-state index is 6.12. The number of fused-ring (bicyclic) bond motifs is 1. The molecule has 0 saturated carbocycles. The number of hydrogen-bond acceptors (Lipinski definition) is 3. The minimum atomic E-state index is 0.115. The van der Waals surface area contributed by atoms with E-state index in [0.717, 1.165) is 26.5 Å². The maximum Gasteiger partial charge on any atom is 0.130 e. The van der Waals surface area contributed by atoms with Gasteiger partial charge in [-0.2, -0.15) is 0 Å². The first-order chi connectivity index (χ1) is 9.63. The number of para-hydroxylation sites is 1. The molecule has 0 aliphatic heterocycles. The second-order valence-corrected chi connectivity index (χ2v) is 6.26. The number of hydrogen-bond donors (Lipinski definition) is 0. The van der Waals surface area contributed by atoms with Crippen LogP contribution in [0.2, 0.25) is 5.02 Å². The molecule has 102 valence electrons. The normalized spacial score (nSPS) is 11.2. The number of aromatic nitrogens is 1. The fourth-order valence-electron chi connectivity index (χ4n) is 2.01. The Balaban J connectivity index is 2.14. The first-order valence-corrected chi connectivity index (χ1v) is 7.65. The van der Waals surface area contributed by atoms with Crippen LogP contribution in [-0.4, -0.2) is 11.1 Å². The minimum absolute atomic E-state index is 0.115. The molecule has 3 aromatic rings. The number of halogens is 1. The minimum Gasteiger partial charge on any atom is -0.490 e. The van der Waals surface area contributed by atoms with Gasteiger partial charge >= 0.3 is 0 Å². The highest BCUT2D eigenvalue weighted by Crippen LogP contribution is 2.37. The zero-order valence-corrected chi connectivity index (χ0v) is 12.8. The van der Waals surface area contributed by atoms with Crippen molar-refractivity contribution in [3.8, 4) is 16.3 Å². The van der Waals surface area contributed by atoms with Gasteiger partial charge in [0.1, 0.15) is 10.8 Å². The molecular weight excluding hydrogens is 290 g/mol. The first-order valence-electron chi connectivity index (χ1n) is 6.45. The van der Waals surface area contributed by atoms with Gasteiger partial charge in [0.15, 0.2) is 0 Å². The van der Waals surface area contributed by atoms with Gasteiger partial charge in [0, 0.05) is 5.02 Å². The van der Waals surface area contributed by atoms with Gasteiger partial charge in [0.2, 0.25) is 0 Å². The van der Waals surface area contributed by atoms with Crippen molar-refractivity contribution in [2.24, 2.45) is 0 Å². The van der Waals surface area contributed by atoms with Gasteiger partial charge in [-0.05, 0) is 44.2 Å². The monoisotopic (exact) mass is 303 g/mol. The van der Waals surface area contributed by atoms with E-state index in [2.05, 4.69) is 11.1 Å². The summed E-state index contributed by atoms with van der Waals surface area (Å²) in [6.45, 7) is 4.02. The van der Waals surface area contributed by atoms with Crippen molar-refractivity contribution in [1.29, 1.82) is 0 Å². The summed E-state index contributed by atoms with van der Waals surface area (Å²) in [7, 11) is 0. The van der Waals surface area contributed by atoms with Gasteiger partial charge in [-0.25, -0.2) is 4.98 Å². The van der Waals surface area contributed by atoms with E-state index in [1.807, 2.05) is 50.2 Å². The van der Waals surface area contributed by atoms with Crippen molar-refractivity contribution in [3.05, 3.63) is 47.5 Å². The summed E-state index contributed by atoms with van der Waals surface area (Å²) in [5.74, 6) is 0.823. The average molecular weight is 304 g/mol. The molecule has 0 atom stereocenters. The molecule has 0 spiro atoms. The first kappa shape index (κ1) is 13.4. The standard InChI is InChI=1S/C16H14ClNOS/c1-10(2)19-14-8-7-11(17)9-12(14)16-18-13-5-3-4-6-15(13)20-16/h3-10H,1-2H3. The molecule has 0 fully saturated rings. The summed E-state index contributed by atoms with van der Waals surface area (Å²) in [6, 6.07) is 13.8. The molecule has 3 rings (SSSR count). The molecule has 0 radical (unpaired) electrons. The molecule has 20 heavy (non-hydrogen) atoms. The predicted molar refractivity (Wildman–Crippen MR) is 85.8 cm³/mol. The van der Waals surface area contributed by atoms with Crippen LogP contribution in [0.4, 0.5) is 0 Å². The number of benzene rings is 2. The van der Waals surface area contributed by atoms with Crippen molar-refractivity contribution in [3.63, 3.8) is 0 Å². The second-order valence-electron chi connectivity index (χ2n) is 4.79. The third-order valence-electron chi connectivity index (χ3n) is 2.83. The van der Waals surface area contributed by atoms with Crippen LogP contribution in [0.1, 0.15) is 13.8 Å². The summed E-state index contributed by atoms with van der Waals surface area (Å²) in [4.78, 5) is 4.67. The quantitative estimate of drug-likeness (QED) is 0.646. The van der Waals surface area contributed by atoms with Crippen LogP contribution in [-0.2, 0) is 0 Å². The van der Waals surface area contributed by atoms with Gasteiger partial charge in [0.25, 0.3) is 0 Å². The zero-order valence-electron chi connectivity index (χ0n) is 11.3.